The zero-order valence-corrected chi connectivity index (χ0v) is 14.6. The summed E-state index contributed by atoms with van der Waals surface area (Å²) in [5.41, 5.74) is 2.03. The number of hydrogen-bond donors (Lipinski definition) is 1. The first kappa shape index (κ1) is 17.7. The van der Waals surface area contributed by atoms with Gasteiger partial charge in [-0.25, -0.2) is 0 Å². The van der Waals surface area contributed by atoms with E-state index >= 15 is 0 Å². The van der Waals surface area contributed by atoms with Crippen LogP contribution >= 0.6 is 11.6 Å². The molecule has 0 saturated heterocycles. The molecule has 0 aliphatic carbocycles. The Bertz CT molecular complexity index is 608. The molecular formula is C20H25ClO2. The molecule has 0 radical (unpaired) electrons. The fourth-order valence-electron chi connectivity index (χ4n) is 2.56. The minimum Gasteiger partial charge on any atom is -0.508 e. The molecule has 0 aliphatic rings. The highest BCUT2D eigenvalue weighted by Gasteiger charge is 2.09. The van der Waals surface area contributed by atoms with Crippen LogP contribution in [-0.4, -0.2) is 11.2 Å². The minimum atomic E-state index is 0.170. The molecule has 1 atom stereocenters. The van der Waals surface area contributed by atoms with Gasteiger partial charge >= 0.3 is 0 Å². The van der Waals surface area contributed by atoms with Gasteiger partial charge < -0.3 is 9.84 Å². The second-order valence-corrected chi connectivity index (χ2v) is 6.38. The lowest BCUT2D eigenvalue weighted by atomic mass is 10.1. The summed E-state index contributed by atoms with van der Waals surface area (Å²) < 4.78 is 5.96. The van der Waals surface area contributed by atoms with Crippen molar-refractivity contribution in [1.82, 2.24) is 0 Å². The van der Waals surface area contributed by atoms with Crippen molar-refractivity contribution in [3.63, 3.8) is 0 Å². The highest BCUT2D eigenvalue weighted by atomic mass is 35.5. The summed E-state index contributed by atoms with van der Waals surface area (Å²) in [5, 5.41) is 9.98. The Labute approximate surface area is 144 Å². The minimum absolute atomic E-state index is 0.170. The topological polar surface area (TPSA) is 29.5 Å². The number of ether oxygens (including phenoxy) is 1. The van der Waals surface area contributed by atoms with Crippen LogP contribution in [0.3, 0.4) is 0 Å². The van der Waals surface area contributed by atoms with Crippen molar-refractivity contribution in [3.05, 3.63) is 47.5 Å². The molecule has 0 saturated carbocycles. The van der Waals surface area contributed by atoms with Crippen LogP contribution < -0.4 is 4.74 Å². The van der Waals surface area contributed by atoms with Crippen LogP contribution in [0.25, 0.3) is 11.1 Å². The van der Waals surface area contributed by atoms with Crippen LogP contribution in [-0.2, 0) is 0 Å². The molecular weight excluding hydrogens is 308 g/mol. The van der Waals surface area contributed by atoms with Gasteiger partial charge in [0.25, 0.3) is 0 Å². The third-order valence-corrected chi connectivity index (χ3v) is 4.22. The quantitative estimate of drug-likeness (QED) is 0.563. The first-order valence-electron chi connectivity index (χ1n) is 8.35. The number of phenolic OH excluding ortho intramolecular Hbond substituents is 1. The maximum Gasteiger partial charge on any atom is 0.138 e. The molecule has 0 unspecified atom stereocenters. The average molecular weight is 333 g/mol. The van der Waals surface area contributed by atoms with Gasteiger partial charge in [-0.3, -0.25) is 0 Å². The second-order valence-electron chi connectivity index (χ2n) is 5.97. The zero-order valence-electron chi connectivity index (χ0n) is 13.9. The molecule has 0 heterocycles. The van der Waals surface area contributed by atoms with Gasteiger partial charge in [0.2, 0.25) is 0 Å². The Kier molecular flexibility index (Phi) is 6.79. The maximum absolute atomic E-state index is 9.36. The van der Waals surface area contributed by atoms with Crippen molar-refractivity contribution >= 4 is 11.6 Å². The van der Waals surface area contributed by atoms with E-state index in [0.29, 0.717) is 5.02 Å². The van der Waals surface area contributed by atoms with E-state index in [-0.39, 0.29) is 11.9 Å². The van der Waals surface area contributed by atoms with Crippen LogP contribution in [0.5, 0.6) is 11.5 Å². The standard InChI is InChI=1S/C20H25ClO2/c1-3-4-5-6-7-15(2)23-20-13-10-17(14-19(20)21)16-8-11-18(22)12-9-16/h8-15,22H,3-7H2,1-2H3/t15-/m0/s1. The van der Waals surface area contributed by atoms with Crippen LogP contribution in [0.15, 0.2) is 42.5 Å². The second kappa shape index (κ2) is 8.83. The third-order valence-electron chi connectivity index (χ3n) is 3.92. The predicted molar refractivity (Wildman–Crippen MR) is 97.4 cm³/mol. The number of benzene rings is 2. The van der Waals surface area contributed by atoms with Crippen LogP contribution in [0.4, 0.5) is 0 Å². The molecule has 2 rings (SSSR count). The van der Waals surface area contributed by atoms with E-state index in [1.165, 1.54) is 25.7 Å². The Morgan fingerprint density at radius 3 is 2.35 bits per heavy atom. The average Bonchev–Trinajstić information content (AvgIpc) is 2.54. The van der Waals surface area contributed by atoms with Crippen molar-refractivity contribution in [3.8, 4) is 22.6 Å². The fourth-order valence-corrected chi connectivity index (χ4v) is 2.79. The molecule has 2 aromatic carbocycles. The van der Waals surface area contributed by atoms with Gasteiger partial charge in [0.15, 0.2) is 0 Å². The lowest BCUT2D eigenvalue weighted by Crippen LogP contribution is -2.11. The summed E-state index contributed by atoms with van der Waals surface area (Å²) in [6.45, 7) is 4.31. The Balaban J connectivity index is 1.97. The van der Waals surface area contributed by atoms with E-state index in [4.69, 9.17) is 16.3 Å². The van der Waals surface area contributed by atoms with E-state index in [1.807, 2.05) is 30.3 Å². The first-order chi connectivity index (χ1) is 11.1. The highest BCUT2D eigenvalue weighted by Crippen LogP contribution is 2.32. The van der Waals surface area contributed by atoms with E-state index in [2.05, 4.69) is 13.8 Å². The maximum atomic E-state index is 9.36. The molecule has 0 spiro atoms. The van der Waals surface area contributed by atoms with Crippen molar-refractivity contribution in [2.45, 2.75) is 52.1 Å². The number of aromatic hydroxyl groups is 1. The summed E-state index contributed by atoms with van der Waals surface area (Å²) in [6, 6.07) is 12.9. The van der Waals surface area contributed by atoms with Crippen LogP contribution in [0.2, 0.25) is 5.02 Å². The van der Waals surface area contributed by atoms with Gasteiger partial charge in [0, 0.05) is 0 Å². The van der Waals surface area contributed by atoms with Gasteiger partial charge in [0.05, 0.1) is 11.1 Å². The van der Waals surface area contributed by atoms with E-state index in [0.717, 1.165) is 23.3 Å². The predicted octanol–water partition coefficient (Wildman–Crippen LogP) is 6.45. The molecule has 0 aliphatic heterocycles. The lowest BCUT2D eigenvalue weighted by molar-refractivity contribution is 0.206. The molecule has 0 fully saturated rings. The normalized spacial score (nSPS) is 12.1. The largest absolute Gasteiger partial charge is 0.508 e. The smallest absolute Gasteiger partial charge is 0.138 e. The number of rotatable bonds is 8. The number of unbranched alkanes of at least 4 members (excludes halogenated alkanes) is 3. The van der Waals surface area contributed by atoms with Crippen molar-refractivity contribution in [1.29, 1.82) is 0 Å². The lowest BCUT2D eigenvalue weighted by Gasteiger charge is -2.16. The SMILES string of the molecule is CCCCCC[C@H](C)Oc1ccc(-c2ccc(O)cc2)cc1Cl. The zero-order chi connectivity index (χ0) is 16.7. The van der Waals surface area contributed by atoms with Crippen LogP contribution in [0, 0.1) is 0 Å². The highest BCUT2D eigenvalue weighted by molar-refractivity contribution is 6.32. The van der Waals surface area contributed by atoms with Crippen molar-refractivity contribution in [2.24, 2.45) is 0 Å². The Hall–Kier alpha value is -1.67. The molecule has 0 bridgehead atoms. The monoisotopic (exact) mass is 332 g/mol. The summed E-state index contributed by atoms with van der Waals surface area (Å²) in [4.78, 5) is 0. The molecule has 124 valence electrons. The molecule has 1 N–H and O–H groups in total. The van der Waals surface area contributed by atoms with E-state index in [9.17, 15) is 5.11 Å². The Morgan fingerprint density at radius 1 is 1.00 bits per heavy atom. The molecule has 2 aromatic rings. The van der Waals surface area contributed by atoms with Gasteiger partial charge in [-0.15, -0.1) is 0 Å². The van der Waals surface area contributed by atoms with Crippen LogP contribution in [0.1, 0.15) is 46.0 Å². The fraction of sp³-hybridized carbons (Fsp3) is 0.400. The Morgan fingerprint density at radius 2 is 1.70 bits per heavy atom. The van der Waals surface area contributed by atoms with Crippen molar-refractivity contribution < 1.29 is 9.84 Å². The molecule has 3 heteroatoms. The van der Waals surface area contributed by atoms with Gasteiger partial charge in [-0.05, 0) is 55.2 Å². The molecule has 2 nitrogen and oxygen atoms in total. The number of phenols is 1. The molecule has 0 amide bonds. The van der Waals surface area contributed by atoms with Crippen molar-refractivity contribution in [2.75, 3.05) is 0 Å². The number of halogens is 1. The van der Waals surface area contributed by atoms with Gasteiger partial charge in [-0.1, -0.05) is 56.0 Å². The van der Waals surface area contributed by atoms with E-state index in [1.54, 1.807) is 12.1 Å². The summed E-state index contributed by atoms with van der Waals surface area (Å²) in [5.74, 6) is 0.994. The molecule has 23 heavy (non-hydrogen) atoms. The van der Waals surface area contributed by atoms with E-state index < -0.39 is 0 Å². The summed E-state index contributed by atoms with van der Waals surface area (Å²) >= 11 is 6.36. The number of hydrogen-bond acceptors (Lipinski definition) is 2. The molecule has 0 aromatic heterocycles. The summed E-state index contributed by atoms with van der Waals surface area (Å²) in [7, 11) is 0. The summed E-state index contributed by atoms with van der Waals surface area (Å²) in [6.07, 6.45) is 6.21. The van der Waals surface area contributed by atoms with Gasteiger partial charge in [-0.2, -0.15) is 0 Å². The first-order valence-corrected chi connectivity index (χ1v) is 8.73. The van der Waals surface area contributed by atoms with Gasteiger partial charge in [0.1, 0.15) is 11.5 Å². The third kappa shape index (κ3) is 5.47.